The maximum absolute atomic E-state index is 12.1. The summed E-state index contributed by atoms with van der Waals surface area (Å²) in [4.78, 5) is 23.9. The summed E-state index contributed by atoms with van der Waals surface area (Å²) in [7, 11) is 0. The Kier molecular flexibility index (Phi) is 4.93. The second-order valence-corrected chi connectivity index (χ2v) is 4.91. The summed E-state index contributed by atoms with van der Waals surface area (Å²) in [6.07, 6.45) is 6.80. The van der Waals surface area contributed by atoms with E-state index in [9.17, 15) is 9.59 Å². The standard InChI is InChI=1S/C16H20N2O2/c1-2-17-15(19)13-9-6-10-14(11-13)18-16(20)12-7-4-3-5-8-12/h3-4,6,9-12H,2,5,7-8H2,1H3,(H,17,19)(H,18,20). The van der Waals surface area contributed by atoms with Crippen LogP contribution in [0, 0.1) is 5.92 Å². The van der Waals surface area contributed by atoms with Gasteiger partial charge in [-0.25, -0.2) is 0 Å². The lowest BCUT2D eigenvalue weighted by molar-refractivity contribution is -0.120. The Labute approximate surface area is 119 Å². The van der Waals surface area contributed by atoms with Gasteiger partial charge in [0.15, 0.2) is 0 Å². The zero-order valence-electron chi connectivity index (χ0n) is 11.7. The average molecular weight is 272 g/mol. The van der Waals surface area contributed by atoms with Crippen LogP contribution in [0.5, 0.6) is 0 Å². The number of benzene rings is 1. The Hall–Kier alpha value is -2.10. The van der Waals surface area contributed by atoms with Crippen molar-refractivity contribution in [2.45, 2.75) is 26.2 Å². The summed E-state index contributed by atoms with van der Waals surface area (Å²) in [6.45, 7) is 2.46. The molecule has 0 saturated carbocycles. The van der Waals surface area contributed by atoms with Gasteiger partial charge >= 0.3 is 0 Å². The summed E-state index contributed by atoms with van der Waals surface area (Å²) < 4.78 is 0. The van der Waals surface area contributed by atoms with Crippen molar-refractivity contribution in [2.75, 3.05) is 11.9 Å². The van der Waals surface area contributed by atoms with E-state index in [1.807, 2.05) is 6.92 Å². The van der Waals surface area contributed by atoms with Crippen LogP contribution in [-0.2, 0) is 4.79 Å². The summed E-state index contributed by atoms with van der Waals surface area (Å²) in [5.41, 5.74) is 1.24. The molecule has 1 aliphatic rings. The third-order valence-electron chi connectivity index (χ3n) is 3.37. The van der Waals surface area contributed by atoms with E-state index < -0.39 is 0 Å². The van der Waals surface area contributed by atoms with E-state index in [-0.39, 0.29) is 17.7 Å². The van der Waals surface area contributed by atoms with Gasteiger partial charge in [-0.05, 0) is 44.4 Å². The van der Waals surface area contributed by atoms with Crippen LogP contribution in [0.15, 0.2) is 36.4 Å². The molecule has 0 saturated heterocycles. The van der Waals surface area contributed by atoms with Crippen LogP contribution in [0.25, 0.3) is 0 Å². The molecule has 1 atom stereocenters. The van der Waals surface area contributed by atoms with E-state index in [4.69, 9.17) is 0 Å². The first-order valence-electron chi connectivity index (χ1n) is 7.05. The number of rotatable bonds is 4. The topological polar surface area (TPSA) is 58.2 Å². The van der Waals surface area contributed by atoms with Crippen LogP contribution in [0.3, 0.4) is 0 Å². The highest BCUT2D eigenvalue weighted by Gasteiger charge is 2.18. The average Bonchev–Trinajstić information content (AvgIpc) is 2.48. The van der Waals surface area contributed by atoms with E-state index >= 15 is 0 Å². The fourth-order valence-corrected chi connectivity index (χ4v) is 2.28. The lowest BCUT2D eigenvalue weighted by Crippen LogP contribution is -2.24. The van der Waals surface area contributed by atoms with Crippen molar-refractivity contribution in [3.05, 3.63) is 42.0 Å². The molecule has 4 heteroatoms. The summed E-state index contributed by atoms with van der Waals surface area (Å²) >= 11 is 0. The number of carbonyl (C=O) groups is 2. The number of amides is 2. The molecule has 0 heterocycles. The molecule has 1 unspecified atom stereocenters. The Bertz CT molecular complexity index is 523. The van der Waals surface area contributed by atoms with Gasteiger partial charge in [0.05, 0.1) is 0 Å². The molecule has 0 spiro atoms. The molecule has 0 bridgehead atoms. The number of carbonyl (C=O) groups excluding carboxylic acids is 2. The van der Waals surface area contributed by atoms with Crippen LogP contribution in [0.1, 0.15) is 36.5 Å². The molecular weight excluding hydrogens is 252 g/mol. The number of hydrogen-bond acceptors (Lipinski definition) is 2. The normalized spacial score (nSPS) is 17.6. The fourth-order valence-electron chi connectivity index (χ4n) is 2.28. The van der Waals surface area contributed by atoms with Gasteiger partial charge in [0, 0.05) is 23.7 Å². The molecule has 20 heavy (non-hydrogen) atoms. The van der Waals surface area contributed by atoms with Gasteiger partial charge in [0.1, 0.15) is 0 Å². The Morgan fingerprint density at radius 1 is 1.30 bits per heavy atom. The first kappa shape index (κ1) is 14.3. The third-order valence-corrected chi connectivity index (χ3v) is 3.37. The lowest BCUT2D eigenvalue weighted by Gasteiger charge is -2.17. The van der Waals surface area contributed by atoms with Crippen LogP contribution in [-0.4, -0.2) is 18.4 Å². The molecule has 0 radical (unpaired) electrons. The molecule has 2 N–H and O–H groups in total. The van der Waals surface area contributed by atoms with E-state index in [0.717, 1.165) is 19.3 Å². The Morgan fingerprint density at radius 3 is 2.85 bits per heavy atom. The highest BCUT2D eigenvalue weighted by Crippen LogP contribution is 2.20. The Balaban J connectivity index is 2.02. The minimum atomic E-state index is -0.121. The highest BCUT2D eigenvalue weighted by atomic mass is 16.2. The number of anilines is 1. The molecule has 0 aromatic heterocycles. The predicted molar refractivity (Wildman–Crippen MR) is 79.6 cm³/mol. The molecule has 1 aromatic carbocycles. The second-order valence-electron chi connectivity index (χ2n) is 4.91. The van der Waals surface area contributed by atoms with E-state index in [1.165, 1.54) is 0 Å². The lowest BCUT2D eigenvalue weighted by atomic mass is 9.93. The first-order valence-corrected chi connectivity index (χ1v) is 7.05. The number of hydrogen-bond donors (Lipinski definition) is 2. The van der Waals surface area contributed by atoms with E-state index in [0.29, 0.717) is 17.8 Å². The van der Waals surface area contributed by atoms with Crippen molar-refractivity contribution in [3.63, 3.8) is 0 Å². The van der Waals surface area contributed by atoms with Crippen LogP contribution in [0.2, 0.25) is 0 Å². The quantitative estimate of drug-likeness (QED) is 0.828. The van der Waals surface area contributed by atoms with Crippen molar-refractivity contribution in [3.8, 4) is 0 Å². The third kappa shape index (κ3) is 3.70. The molecule has 2 amide bonds. The molecule has 2 rings (SSSR count). The van der Waals surface area contributed by atoms with Gasteiger partial charge in [0.2, 0.25) is 5.91 Å². The molecule has 1 aromatic rings. The molecule has 4 nitrogen and oxygen atoms in total. The summed E-state index contributed by atoms with van der Waals surface area (Å²) in [6, 6.07) is 7.03. The molecule has 1 aliphatic carbocycles. The maximum Gasteiger partial charge on any atom is 0.251 e. The fraction of sp³-hybridized carbons (Fsp3) is 0.375. The summed E-state index contributed by atoms with van der Waals surface area (Å²) in [5.74, 6) is -0.0558. The van der Waals surface area contributed by atoms with E-state index in [2.05, 4.69) is 22.8 Å². The molecule has 0 fully saturated rings. The van der Waals surface area contributed by atoms with Gasteiger partial charge in [-0.1, -0.05) is 18.2 Å². The van der Waals surface area contributed by atoms with Crippen molar-refractivity contribution in [1.29, 1.82) is 0 Å². The smallest absolute Gasteiger partial charge is 0.251 e. The molecular formula is C16H20N2O2. The van der Waals surface area contributed by atoms with Crippen molar-refractivity contribution < 1.29 is 9.59 Å². The maximum atomic E-state index is 12.1. The Morgan fingerprint density at radius 2 is 2.15 bits per heavy atom. The zero-order valence-corrected chi connectivity index (χ0v) is 11.7. The zero-order chi connectivity index (χ0) is 14.4. The van der Waals surface area contributed by atoms with Gasteiger partial charge in [-0.15, -0.1) is 0 Å². The van der Waals surface area contributed by atoms with Gasteiger partial charge < -0.3 is 10.6 Å². The van der Waals surface area contributed by atoms with Gasteiger partial charge in [0.25, 0.3) is 5.91 Å². The van der Waals surface area contributed by atoms with Crippen molar-refractivity contribution >= 4 is 17.5 Å². The first-order chi connectivity index (χ1) is 9.70. The van der Waals surface area contributed by atoms with Crippen LogP contribution in [0.4, 0.5) is 5.69 Å². The minimum Gasteiger partial charge on any atom is -0.352 e. The number of allylic oxidation sites excluding steroid dienone is 2. The second kappa shape index (κ2) is 6.89. The minimum absolute atomic E-state index is 0.0300. The van der Waals surface area contributed by atoms with Crippen molar-refractivity contribution in [1.82, 2.24) is 5.32 Å². The predicted octanol–water partition coefficient (Wildman–Crippen LogP) is 2.73. The molecule has 0 aliphatic heterocycles. The number of nitrogens with one attached hydrogen (secondary N) is 2. The van der Waals surface area contributed by atoms with Crippen LogP contribution >= 0.6 is 0 Å². The largest absolute Gasteiger partial charge is 0.352 e. The van der Waals surface area contributed by atoms with E-state index in [1.54, 1.807) is 24.3 Å². The van der Waals surface area contributed by atoms with Crippen LogP contribution < -0.4 is 10.6 Å². The monoisotopic (exact) mass is 272 g/mol. The molecule has 106 valence electrons. The highest BCUT2D eigenvalue weighted by molar-refractivity contribution is 5.97. The summed E-state index contributed by atoms with van der Waals surface area (Å²) in [5, 5.41) is 5.64. The van der Waals surface area contributed by atoms with Crippen molar-refractivity contribution in [2.24, 2.45) is 5.92 Å². The van der Waals surface area contributed by atoms with Gasteiger partial charge in [-0.2, -0.15) is 0 Å². The SMILES string of the molecule is CCNC(=O)c1cccc(NC(=O)C2CC=CCC2)c1. The van der Waals surface area contributed by atoms with Gasteiger partial charge in [-0.3, -0.25) is 9.59 Å².